The summed E-state index contributed by atoms with van der Waals surface area (Å²) in [7, 11) is 0. The molecule has 3 atom stereocenters. The van der Waals surface area contributed by atoms with Crippen molar-refractivity contribution in [2.24, 2.45) is 11.7 Å². The van der Waals surface area contributed by atoms with Crippen LogP contribution >= 0.6 is 0 Å². The number of nitrogens with two attached hydrogens (primary N) is 1. The highest BCUT2D eigenvalue weighted by Crippen LogP contribution is 2.31. The van der Waals surface area contributed by atoms with Gasteiger partial charge in [0.15, 0.2) is 0 Å². The zero-order valence-corrected chi connectivity index (χ0v) is 17.1. The molecule has 0 fully saturated rings. The Kier molecular flexibility index (Phi) is 6.61. The quantitative estimate of drug-likeness (QED) is 0.665. The molecule has 0 spiro atoms. The second kappa shape index (κ2) is 9.15. The SMILES string of the molecule is CC(C)[C@H](NC[C@H](C)N)C(=O)N1c2ncccc2C[C@H]1C(=O)Nc1ccccc1. The maximum absolute atomic E-state index is 13.5. The van der Waals surface area contributed by atoms with Crippen molar-refractivity contribution >= 4 is 23.3 Å². The van der Waals surface area contributed by atoms with Crippen LogP contribution in [0, 0.1) is 5.92 Å². The van der Waals surface area contributed by atoms with Crippen LogP contribution in [0.5, 0.6) is 0 Å². The Hall–Kier alpha value is -2.77. The lowest BCUT2D eigenvalue weighted by molar-refractivity contribution is -0.125. The number of nitrogens with one attached hydrogen (secondary N) is 2. The number of carbonyl (C=O) groups excluding carboxylic acids is 2. The van der Waals surface area contributed by atoms with Crippen LogP contribution in [-0.2, 0) is 16.0 Å². The molecule has 3 rings (SSSR count). The minimum atomic E-state index is -0.647. The van der Waals surface area contributed by atoms with Crippen molar-refractivity contribution in [1.82, 2.24) is 10.3 Å². The average Bonchev–Trinajstić information content (AvgIpc) is 3.08. The number of hydrogen-bond donors (Lipinski definition) is 3. The van der Waals surface area contributed by atoms with E-state index in [1.165, 1.54) is 0 Å². The molecular weight excluding hydrogens is 366 g/mol. The van der Waals surface area contributed by atoms with Crippen molar-refractivity contribution in [3.63, 3.8) is 0 Å². The highest BCUT2D eigenvalue weighted by atomic mass is 16.2. The Balaban J connectivity index is 1.88. The van der Waals surface area contributed by atoms with Crippen molar-refractivity contribution in [3.8, 4) is 0 Å². The lowest BCUT2D eigenvalue weighted by Crippen LogP contribution is -2.56. The van der Waals surface area contributed by atoms with E-state index in [-0.39, 0.29) is 23.8 Å². The molecule has 2 amide bonds. The van der Waals surface area contributed by atoms with Gasteiger partial charge in [0.25, 0.3) is 0 Å². The summed E-state index contributed by atoms with van der Waals surface area (Å²) in [6, 6.07) is 11.8. The number of aromatic nitrogens is 1. The van der Waals surface area contributed by atoms with E-state index in [1.807, 2.05) is 63.2 Å². The molecule has 1 aromatic heterocycles. The van der Waals surface area contributed by atoms with Crippen LogP contribution in [-0.4, -0.2) is 41.5 Å². The molecule has 1 aliphatic rings. The summed E-state index contributed by atoms with van der Waals surface area (Å²) < 4.78 is 0. The van der Waals surface area contributed by atoms with E-state index in [2.05, 4.69) is 15.6 Å². The number of pyridine rings is 1. The zero-order valence-electron chi connectivity index (χ0n) is 17.1. The topological polar surface area (TPSA) is 100 Å². The molecule has 2 aromatic rings. The molecule has 0 saturated carbocycles. The van der Waals surface area contributed by atoms with E-state index in [0.717, 1.165) is 5.56 Å². The largest absolute Gasteiger partial charge is 0.327 e. The van der Waals surface area contributed by atoms with Crippen LogP contribution in [0.4, 0.5) is 11.5 Å². The molecule has 0 saturated heterocycles. The first-order valence-corrected chi connectivity index (χ1v) is 10.00. The lowest BCUT2D eigenvalue weighted by atomic mass is 10.0. The predicted octanol–water partition coefficient (Wildman–Crippen LogP) is 1.94. The highest BCUT2D eigenvalue weighted by molar-refractivity contribution is 6.08. The van der Waals surface area contributed by atoms with Gasteiger partial charge in [0.1, 0.15) is 11.9 Å². The molecule has 2 heterocycles. The third-order valence-corrected chi connectivity index (χ3v) is 4.99. The standard InChI is InChI=1S/C22H29N5O2/c1-14(2)19(25-13-15(3)23)22(29)27-18(12-16-8-7-11-24-20(16)27)21(28)26-17-9-5-4-6-10-17/h4-11,14-15,18-19,25H,12-13,23H2,1-3H3,(H,26,28)/t15-,18-,19-/m0/s1. The number of anilines is 2. The monoisotopic (exact) mass is 395 g/mol. The normalized spacial score (nSPS) is 17.7. The molecule has 7 nitrogen and oxygen atoms in total. The number of rotatable bonds is 7. The summed E-state index contributed by atoms with van der Waals surface area (Å²) in [5, 5.41) is 6.18. The van der Waals surface area contributed by atoms with Gasteiger partial charge in [-0.05, 0) is 36.6 Å². The minimum Gasteiger partial charge on any atom is -0.327 e. The summed E-state index contributed by atoms with van der Waals surface area (Å²) in [5.41, 5.74) is 7.46. The number of fused-ring (bicyclic) bond motifs is 1. The number of amides is 2. The molecule has 0 radical (unpaired) electrons. The van der Waals surface area contributed by atoms with Crippen LogP contribution < -0.4 is 21.3 Å². The van der Waals surface area contributed by atoms with E-state index in [0.29, 0.717) is 24.5 Å². The van der Waals surface area contributed by atoms with Gasteiger partial charge < -0.3 is 16.4 Å². The Bertz CT molecular complexity index is 853. The van der Waals surface area contributed by atoms with Gasteiger partial charge in [-0.3, -0.25) is 14.5 Å². The van der Waals surface area contributed by atoms with Gasteiger partial charge in [0.2, 0.25) is 11.8 Å². The second-order valence-corrected chi connectivity index (χ2v) is 7.88. The number of benzene rings is 1. The van der Waals surface area contributed by atoms with E-state index in [9.17, 15) is 9.59 Å². The molecule has 4 N–H and O–H groups in total. The van der Waals surface area contributed by atoms with E-state index in [4.69, 9.17) is 5.73 Å². The molecule has 7 heteroatoms. The fourth-order valence-corrected chi connectivity index (χ4v) is 3.54. The van der Waals surface area contributed by atoms with Crippen molar-refractivity contribution in [2.45, 2.75) is 45.3 Å². The maximum Gasteiger partial charge on any atom is 0.247 e. The van der Waals surface area contributed by atoms with Crippen LogP contribution in [0.25, 0.3) is 0 Å². The lowest BCUT2D eigenvalue weighted by Gasteiger charge is -2.31. The van der Waals surface area contributed by atoms with Gasteiger partial charge in [-0.25, -0.2) is 4.98 Å². The summed E-state index contributed by atoms with van der Waals surface area (Å²) in [4.78, 5) is 32.6. The average molecular weight is 396 g/mol. The van der Waals surface area contributed by atoms with Crippen LogP contribution in [0.2, 0.25) is 0 Å². The smallest absolute Gasteiger partial charge is 0.247 e. The molecule has 0 aliphatic carbocycles. The van der Waals surface area contributed by atoms with Crippen LogP contribution in [0.3, 0.4) is 0 Å². The number of para-hydroxylation sites is 1. The third kappa shape index (κ3) is 4.81. The maximum atomic E-state index is 13.5. The number of carbonyl (C=O) groups is 2. The summed E-state index contributed by atoms with van der Waals surface area (Å²) in [6.45, 7) is 6.35. The Labute approximate surface area is 171 Å². The Morgan fingerprint density at radius 1 is 1.17 bits per heavy atom. The first kappa shape index (κ1) is 21.0. The number of nitrogens with zero attached hydrogens (tertiary/aromatic N) is 2. The van der Waals surface area contributed by atoms with Crippen LogP contribution in [0.15, 0.2) is 48.7 Å². The van der Waals surface area contributed by atoms with E-state index < -0.39 is 12.1 Å². The Morgan fingerprint density at radius 3 is 2.55 bits per heavy atom. The third-order valence-electron chi connectivity index (χ3n) is 4.99. The van der Waals surface area contributed by atoms with Crippen molar-refractivity contribution in [3.05, 3.63) is 54.2 Å². The first-order chi connectivity index (χ1) is 13.9. The fraction of sp³-hybridized carbons (Fsp3) is 0.409. The van der Waals surface area contributed by atoms with Gasteiger partial charge in [0.05, 0.1) is 6.04 Å². The van der Waals surface area contributed by atoms with Gasteiger partial charge in [-0.1, -0.05) is 38.1 Å². The van der Waals surface area contributed by atoms with Gasteiger partial charge in [-0.15, -0.1) is 0 Å². The molecular formula is C22H29N5O2. The van der Waals surface area contributed by atoms with Gasteiger partial charge >= 0.3 is 0 Å². The van der Waals surface area contributed by atoms with E-state index in [1.54, 1.807) is 11.1 Å². The van der Waals surface area contributed by atoms with Crippen molar-refractivity contribution in [1.29, 1.82) is 0 Å². The molecule has 154 valence electrons. The van der Waals surface area contributed by atoms with Crippen molar-refractivity contribution < 1.29 is 9.59 Å². The van der Waals surface area contributed by atoms with Gasteiger partial charge in [0, 0.05) is 30.9 Å². The van der Waals surface area contributed by atoms with Gasteiger partial charge in [-0.2, -0.15) is 0 Å². The summed E-state index contributed by atoms with van der Waals surface area (Å²) in [5.74, 6) is 0.203. The second-order valence-electron chi connectivity index (χ2n) is 7.88. The molecule has 0 unspecified atom stereocenters. The Morgan fingerprint density at radius 2 is 1.90 bits per heavy atom. The zero-order chi connectivity index (χ0) is 21.0. The van der Waals surface area contributed by atoms with E-state index >= 15 is 0 Å². The van der Waals surface area contributed by atoms with Crippen LogP contribution in [0.1, 0.15) is 26.3 Å². The molecule has 29 heavy (non-hydrogen) atoms. The molecule has 1 aliphatic heterocycles. The molecule has 1 aromatic carbocycles. The minimum absolute atomic E-state index is 0.0341. The fourth-order valence-electron chi connectivity index (χ4n) is 3.54. The predicted molar refractivity (Wildman–Crippen MR) is 115 cm³/mol. The highest BCUT2D eigenvalue weighted by Gasteiger charge is 2.42. The summed E-state index contributed by atoms with van der Waals surface area (Å²) in [6.07, 6.45) is 2.09. The number of hydrogen-bond acceptors (Lipinski definition) is 5. The van der Waals surface area contributed by atoms with Crippen molar-refractivity contribution in [2.75, 3.05) is 16.8 Å². The molecule has 0 bridgehead atoms. The summed E-state index contributed by atoms with van der Waals surface area (Å²) >= 11 is 0. The first-order valence-electron chi connectivity index (χ1n) is 10.00.